The lowest BCUT2D eigenvalue weighted by molar-refractivity contribution is -0.118. The topological polar surface area (TPSA) is 92.5 Å². The van der Waals surface area contributed by atoms with Crippen molar-refractivity contribution in [3.05, 3.63) is 65.2 Å². The van der Waals surface area contributed by atoms with Crippen molar-refractivity contribution in [2.24, 2.45) is 5.10 Å². The molecule has 0 aliphatic carbocycles. The van der Waals surface area contributed by atoms with Crippen molar-refractivity contribution in [2.75, 3.05) is 10.3 Å². The lowest BCUT2D eigenvalue weighted by Gasteiger charge is -2.25. The molecular formula is C21H19ClN6O2. The second kappa shape index (κ2) is 8.08. The van der Waals surface area contributed by atoms with Gasteiger partial charge in [0.15, 0.2) is 0 Å². The highest BCUT2D eigenvalue weighted by Gasteiger charge is 2.27. The predicted octanol–water partition coefficient (Wildman–Crippen LogP) is 3.66. The number of hydrazone groups is 1. The number of anilines is 2. The zero-order valence-electron chi connectivity index (χ0n) is 16.5. The van der Waals surface area contributed by atoms with E-state index in [1.165, 1.54) is 22.3 Å². The van der Waals surface area contributed by atoms with E-state index in [4.69, 9.17) is 11.6 Å². The molecular weight excluding hydrogens is 404 g/mol. The van der Waals surface area contributed by atoms with Crippen LogP contribution in [0.5, 0.6) is 0 Å². The molecule has 9 heteroatoms. The van der Waals surface area contributed by atoms with Gasteiger partial charge in [-0.3, -0.25) is 9.59 Å². The van der Waals surface area contributed by atoms with Crippen LogP contribution in [-0.2, 0) is 9.59 Å². The van der Waals surface area contributed by atoms with Crippen molar-refractivity contribution in [2.45, 2.75) is 26.7 Å². The standard InChI is InChI=1S/C21H19ClN6O2/c1-13-3-4-14(2)19(9-13)28-20(29)8-6-16(26-28)21(30)25-17-10-15(22)5-7-18(17)27-12-23-11-24-27/h3-5,7,9-12H,6,8H2,1-2H3,(H,25,30). The highest BCUT2D eigenvalue weighted by Crippen LogP contribution is 2.27. The SMILES string of the molecule is Cc1ccc(C)c(N2N=C(C(=O)Nc3cc(Cl)ccc3-n3cncn3)CCC2=O)c1. The molecule has 3 aromatic rings. The molecule has 152 valence electrons. The number of hydrogen-bond acceptors (Lipinski definition) is 5. The fourth-order valence-electron chi connectivity index (χ4n) is 3.19. The summed E-state index contributed by atoms with van der Waals surface area (Å²) < 4.78 is 1.53. The van der Waals surface area contributed by atoms with E-state index in [9.17, 15) is 9.59 Å². The third-order valence-electron chi connectivity index (χ3n) is 4.76. The fourth-order valence-corrected chi connectivity index (χ4v) is 3.36. The molecule has 0 atom stereocenters. The Bertz CT molecular complexity index is 1160. The number of benzene rings is 2. The minimum atomic E-state index is -0.401. The first-order valence-corrected chi connectivity index (χ1v) is 9.74. The van der Waals surface area contributed by atoms with Gasteiger partial charge in [0.25, 0.3) is 5.91 Å². The van der Waals surface area contributed by atoms with E-state index in [2.05, 4.69) is 20.5 Å². The molecule has 0 spiro atoms. The number of rotatable bonds is 4. The summed E-state index contributed by atoms with van der Waals surface area (Å²) in [7, 11) is 0. The van der Waals surface area contributed by atoms with Crippen LogP contribution < -0.4 is 10.3 Å². The normalized spacial score (nSPS) is 13.9. The molecule has 2 heterocycles. The van der Waals surface area contributed by atoms with Crippen LogP contribution in [0.4, 0.5) is 11.4 Å². The second-order valence-corrected chi connectivity index (χ2v) is 7.43. The third-order valence-corrected chi connectivity index (χ3v) is 5.00. The second-order valence-electron chi connectivity index (χ2n) is 7.00. The molecule has 0 unspecified atom stereocenters. The molecule has 0 radical (unpaired) electrons. The number of amides is 2. The molecule has 1 aliphatic rings. The average Bonchev–Trinajstić information content (AvgIpc) is 3.25. The summed E-state index contributed by atoms with van der Waals surface area (Å²) in [6.07, 6.45) is 3.38. The van der Waals surface area contributed by atoms with E-state index in [0.717, 1.165) is 11.1 Å². The summed E-state index contributed by atoms with van der Waals surface area (Å²) >= 11 is 6.12. The van der Waals surface area contributed by atoms with Crippen LogP contribution in [0.2, 0.25) is 5.02 Å². The number of nitrogens with one attached hydrogen (secondary N) is 1. The molecule has 2 aromatic carbocycles. The highest BCUT2D eigenvalue weighted by atomic mass is 35.5. The minimum Gasteiger partial charge on any atom is -0.319 e. The summed E-state index contributed by atoms with van der Waals surface area (Å²) in [4.78, 5) is 29.4. The Hall–Kier alpha value is -3.52. The van der Waals surface area contributed by atoms with Gasteiger partial charge < -0.3 is 5.32 Å². The first-order valence-electron chi connectivity index (χ1n) is 9.36. The Balaban J connectivity index is 1.65. The summed E-state index contributed by atoms with van der Waals surface area (Å²) in [5.74, 6) is -0.548. The Morgan fingerprint density at radius 2 is 1.93 bits per heavy atom. The van der Waals surface area contributed by atoms with E-state index < -0.39 is 5.91 Å². The zero-order valence-corrected chi connectivity index (χ0v) is 17.2. The van der Waals surface area contributed by atoms with E-state index in [1.54, 1.807) is 18.2 Å². The molecule has 2 amide bonds. The highest BCUT2D eigenvalue weighted by molar-refractivity contribution is 6.44. The van der Waals surface area contributed by atoms with Crippen LogP contribution in [-0.4, -0.2) is 32.3 Å². The first kappa shape index (κ1) is 19.8. The quantitative estimate of drug-likeness (QED) is 0.694. The van der Waals surface area contributed by atoms with Gasteiger partial charge in [0.1, 0.15) is 18.4 Å². The van der Waals surface area contributed by atoms with Crippen LogP contribution in [0, 0.1) is 13.8 Å². The van der Waals surface area contributed by atoms with Gasteiger partial charge in [-0.15, -0.1) is 0 Å². The van der Waals surface area contributed by atoms with Gasteiger partial charge in [-0.1, -0.05) is 23.7 Å². The number of nitrogens with zero attached hydrogens (tertiary/aromatic N) is 5. The molecule has 1 aromatic heterocycles. The minimum absolute atomic E-state index is 0.147. The fraction of sp³-hybridized carbons (Fsp3) is 0.190. The van der Waals surface area contributed by atoms with Crippen LogP contribution in [0.15, 0.2) is 54.2 Å². The Labute approximate surface area is 178 Å². The average molecular weight is 423 g/mol. The van der Waals surface area contributed by atoms with Gasteiger partial charge in [0.2, 0.25) is 5.91 Å². The number of halogens is 1. The molecule has 0 saturated heterocycles. The van der Waals surface area contributed by atoms with Crippen molar-refractivity contribution in [1.29, 1.82) is 0 Å². The summed E-state index contributed by atoms with van der Waals surface area (Å²) in [6.45, 7) is 3.85. The Morgan fingerprint density at radius 3 is 2.70 bits per heavy atom. The smallest absolute Gasteiger partial charge is 0.271 e. The van der Waals surface area contributed by atoms with Crippen molar-refractivity contribution in [3.63, 3.8) is 0 Å². The molecule has 8 nitrogen and oxygen atoms in total. The van der Waals surface area contributed by atoms with Gasteiger partial charge in [-0.2, -0.15) is 10.2 Å². The number of carbonyl (C=O) groups excluding carboxylic acids is 2. The van der Waals surface area contributed by atoms with Gasteiger partial charge in [-0.25, -0.2) is 14.7 Å². The number of aryl methyl sites for hydroxylation is 2. The molecule has 0 saturated carbocycles. The van der Waals surface area contributed by atoms with E-state index in [0.29, 0.717) is 22.1 Å². The lowest BCUT2D eigenvalue weighted by Crippen LogP contribution is -2.36. The van der Waals surface area contributed by atoms with Gasteiger partial charge in [0, 0.05) is 17.9 Å². The van der Waals surface area contributed by atoms with Crippen molar-refractivity contribution >= 4 is 40.5 Å². The molecule has 1 N–H and O–H groups in total. The lowest BCUT2D eigenvalue weighted by atomic mass is 10.1. The van der Waals surface area contributed by atoms with Gasteiger partial charge in [-0.05, 0) is 49.2 Å². The van der Waals surface area contributed by atoms with Gasteiger partial charge in [0.05, 0.1) is 17.1 Å². The van der Waals surface area contributed by atoms with Crippen LogP contribution in [0.25, 0.3) is 5.69 Å². The number of aromatic nitrogens is 3. The van der Waals surface area contributed by atoms with E-state index in [-0.39, 0.29) is 24.5 Å². The van der Waals surface area contributed by atoms with Crippen LogP contribution >= 0.6 is 11.6 Å². The maximum atomic E-state index is 13.0. The number of carbonyl (C=O) groups is 2. The first-order chi connectivity index (χ1) is 14.4. The zero-order chi connectivity index (χ0) is 21.3. The monoisotopic (exact) mass is 422 g/mol. The van der Waals surface area contributed by atoms with Crippen molar-refractivity contribution in [3.8, 4) is 5.69 Å². The summed E-state index contributed by atoms with van der Waals surface area (Å²) in [5.41, 5.74) is 3.94. The molecule has 30 heavy (non-hydrogen) atoms. The summed E-state index contributed by atoms with van der Waals surface area (Å²) in [5, 5.41) is 13.1. The molecule has 1 aliphatic heterocycles. The predicted molar refractivity (Wildman–Crippen MR) is 115 cm³/mol. The summed E-state index contributed by atoms with van der Waals surface area (Å²) in [6, 6.07) is 10.9. The van der Waals surface area contributed by atoms with E-state index in [1.807, 2.05) is 32.0 Å². The van der Waals surface area contributed by atoms with Crippen molar-refractivity contribution in [1.82, 2.24) is 14.8 Å². The van der Waals surface area contributed by atoms with E-state index >= 15 is 0 Å². The molecule has 0 fully saturated rings. The Morgan fingerprint density at radius 1 is 1.10 bits per heavy atom. The largest absolute Gasteiger partial charge is 0.319 e. The van der Waals surface area contributed by atoms with Crippen LogP contribution in [0.3, 0.4) is 0 Å². The Kier molecular flexibility index (Phi) is 5.33. The van der Waals surface area contributed by atoms with Crippen molar-refractivity contribution < 1.29 is 9.59 Å². The molecule has 4 rings (SSSR count). The maximum absolute atomic E-state index is 13.0. The number of hydrogen-bond donors (Lipinski definition) is 1. The molecule has 0 bridgehead atoms. The van der Waals surface area contributed by atoms with Crippen LogP contribution in [0.1, 0.15) is 24.0 Å². The maximum Gasteiger partial charge on any atom is 0.271 e. The van der Waals surface area contributed by atoms with Gasteiger partial charge >= 0.3 is 0 Å². The third kappa shape index (κ3) is 3.95.